The SMILES string of the molecule is CC(C)=CCC[C@H](C)NC[C@H]1CCN(C2CC2)C1. The molecule has 1 aliphatic heterocycles. The van der Waals surface area contributed by atoms with Crippen LogP contribution in [0.25, 0.3) is 0 Å². The van der Waals surface area contributed by atoms with Crippen LogP contribution in [0.5, 0.6) is 0 Å². The van der Waals surface area contributed by atoms with Gasteiger partial charge in [-0.25, -0.2) is 0 Å². The smallest absolute Gasteiger partial charge is 0.00965 e. The summed E-state index contributed by atoms with van der Waals surface area (Å²) in [6, 6.07) is 1.63. The molecule has 2 heteroatoms. The molecule has 2 fully saturated rings. The lowest BCUT2D eigenvalue weighted by Crippen LogP contribution is -2.32. The molecule has 0 aromatic rings. The summed E-state index contributed by atoms with van der Waals surface area (Å²) >= 11 is 0. The Bertz CT molecular complexity index is 277. The van der Waals surface area contributed by atoms with Gasteiger partial charge < -0.3 is 10.2 Å². The number of likely N-dealkylation sites (tertiary alicyclic amines) is 1. The summed E-state index contributed by atoms with van der Waals surface area (Å²) in [6.07, 6.45) is 9.16. The van der Waals surface area contributed by atoms with Crippen LogP contribution in [0.3, 0.4) is 0 Å². The second-order valence-electron chi connectivity index (χ2n) is 6.55. The molecule has 0 bridgehead atoms. The summed E-state index contributed by atoms with van der Waals surface area (Å²) in [4.78, 5) is 2.71. The first kappa shape index (κ1) is 14.1. The topological polar surface area (TPSA) is 15.3 Å². The number of hydrogen-bond donors (Lipinski definition) is 1. The van der Waals surface area contributed by atoms with E-state index in [-0.39, 0.29) is 0 Å². The van der Waals surface area contributed by atoms with Crippen molar-refractivity contribution < 1.29 is 0 Å². The van der Waals surface area contributed by atoms with Crippen molar-refractivity contribution in [2.45, 2.75) is 65.0 Å². The van der Waals surface area contributed by atoms with Gasteiger partial charge in [-0.2, -0.15) is 0 Å². The van der Waals surface area contributed by atoms with E-state index in [0.29, 0.717) is 6.04 Å². The Labute approximate surface area is 113 Å². The van der Waals surface area contributed by atoms with Gasteiger partial charge in [-0.15, -0.1) is 0 Å². The Hall–Kier alpha value is -0.340. The van der Waals surface area contributed by atoms with E-state index in [1.807, 2.05) is 0 Å². The predicted molar refractivity (Wildman–Crippen MR) is 78.8 cm³/mol. The zero-order valence-corrected chi connectivity index (χ0v) is 12.4. The Kier molecular flexibility index (Phi) is 5.25. The van der Waals surface area contributed by atoms with Gasteiger partial charge in [0.2, 0.25) is 0 Å². The summed E-state index contributed by atoms with van der Waals surface area (Å²) in [5, 5.41) is 3.72. The third-order valence-electron chi connectivity index (χ3n) is 4.29. The van der Waals surface area contributed by atoms with Crippen molar-refractivity contribution in [2.24, 2.45) is 5.92 Å². The fourth-order valence-corrected chi connectivity index (χ4v) is 2.89. The van der Waals surface area contributed by atoms with Crippen LogP contribution >= 0.6 is 0 Å². The van der Waals surface area contributed by atoms with Crippen LogP contribution in [0.4, 0.5) is 0 Å². The summed E-state index contributed by atoms with van der Waals surface area (Å²) in [7, 11) is 0. The van der Waals surface area contributed by atoms with Gasteiger partial charge in [-0.3, -0.25) is 0 Å². The van der Waals surface area contributed by atoms with Gasteiger partial charge in [0.15, 0.2) is 0 Å². The highest BCUT2D eigenvalue weighted by atomic mass is 15.2. The predicted octanol–water partition coefficient (Wildman–Crippen LogP) is 3.20. The van der Waals surface area contributed by atoms with E-state index in [0.717, 1.165) is 12.0 Å². The molecular formula is C16H30N2. The van der Waals surface area contributed by atoms with Crippen molar-refractivity contribution in [1.82, 2.24) is 10.2 Å². The van der Waals surface area contributed by atoms with E-state index in [1.54, 1.807) is 0 Å². The lowest BCUT2D eigenvalue weighted by molar-refractivity contribution is 0.309. The third-order valence-corrected chi connectivity index (χ3v) is 4.29. The Morgan fingerprint density at radius 2 is 2.11 bits per heavy atom. The fourth-order valence-electron chi connectivity index (χ4n) is 2.89. The highest BCUT2D eigenvalue weighted by molar-refractivity contribution is 4.93. The molecule has 0 spiro atoms. The van der Waals surface area contributed by atoms with Crippen molar-refractivity contribution in [1.29, 1.82) is 0 Å². The molecule has 2 atom stereocenters. The van der Waals surface area contributed by atoms with Crippen LogP contribution in [0.1, 0.15) is 52.9 Å². The van der Waals surface area contributed by atoms with E-state index >= 15 is 0 Å². The van der Waals surface area contributed by atoms with Gasteiger partial charge >= 0.3 is 0 Å². The van der Waals surface area contributed by atoms with Crippen LogP contribution < -0.4 is 5.32 Å². The zero-order valence-electron chi connectivity index (χ0n) is 12.4. The zero-order chi connectivity index (χ0) is 13.0. The van der Waals surface area contributed by atoms with Crippen molar-refractivity contribution in [3.05, 3.63) is 11.6 Å². The van der Waals surface area contributed by atoms with Crippen molar-refractivity contribution in [2.75, 3.05) is 19.6 Å². The molecule has 2 aliphatic rings. The van der Waals surface area contributed by atoms with Crippen molar-refractivity contribution >= 4 is 0 Å². The third kappa shape index (κ3) is 4.74. The summed E-state index contributed by atoms with van der Waals surface area (Å²) < 4.78 is 0. The Balaban J connectivity index is 1.55. The van der Waals surface area contributed by atoms with E-state index in [1.165, 1.54) is 57.3 Å². The quantitative estimate of drug-likeness (QED) is 0.698. The molecule has 0 amide bonds. The summed E-state index contributed by atoms with van der Waals surface area (Å²) in [6.45, 7) is 10.6. The fraction of sp³-hybridized carbons (Fsp3) is 0.875. The highest BCUT2D eigenvalue weighted by Gasteiger charge is 2.34. The maximum atomic E-state index is 3.72. The second-order valence-corrected chi connectivity index (χ2v) is 6.55. The van der Waals surface area contributed by atoms with E-state index in [2.05, 4.69) is 37.1 Å². The molecular weight excluding hydrogens is 220 g/mol. The Morgan fingerprint density at radius 3 is 2.78 bits per heavy atom. The van der Waals surface area contributed by atoms with Crippen molar-refractivity contribution in [3.8, 4) is 0 Å². The molecule has 2 rings (SSSR count). The molecule has 0 unspecified atom stereocenters. The minimum absolute atomic E-state index is 0.663. The number of nitrogens with zero attached hydrogens (tertiary/aromatic N) is 1. The number of nitrogens with one attached hydrogen (secondary N) is 1. The molecule has 1 aliphatic carbocycles. The summed E-state index contributed by atoms with van der Waals surface area (Å²) in [5.41, 5.74) is 1.44. The van der Waals surface area contributed by atoms with Crippen LogP contribution in [-0.2, 0) is 0 Å². The minimum atomic E-state index is 0.663. The van der Waals surface area contributed by atoms with Gasteiger partial charge in [-0.05, 0) is 71.9 Å². The molecule has 104 valence electrons. The van der Waals surface area contributed by atoms with Gasteiger partial charge in [0.1, 0.15) is 0 Å². The molecule has 0 aromatic carbocycles. The van der Waals surface area contributed by atoms with E-state index in [4.69, 9.17) is 0 Å². The minimum Gasteiger partial charge on any atom is -0.314 e. The average Bonchev–Trinajstić information content (AvgIpc) is 3.06. The van der Waals surface area contributed by atoms with Crippen LogP contribution in [0.15, 0.2) is 11.6 Å². The molecule has 2 nitrogen and oxygen atoms in total. The lowest BCUT2D eigenvalue weighted by Gasteiger charge is -2.18. The maximum absolute atomic E-state index is 3.72. The van der Waals surface area contributed by atoms with Gasteiger partial charge in [0, 0.05) is 18.6 Å². The molecule has 1 heterocycles. The first-order valence-electron chi connectivity index (χ1n) is 7.76. The monoisotopic (exact) mass is 250 g/mol. The molecule has 1 saturated heterocycles. The molecule has 18 heavy (non-hydrogen) atoms. The molecule has 0 aromatic heterocycles. The van der Waals surface area contributed by atoms with Gasteiger partial charge in [-0.1, -0.05) is 11.6 Å². The highest BCUT2D eigenvalue weighted by Crippen LogP contribution is 2.31. The standard InChI is InChI=1S/C16H30N2/c1-13(2)5-4-6-14(3)17-11-15-9-10-18(12-15)16-7-8-16/h5,14-17H,4,6-12H2,1-3H3/t14-,15+/m0/s1. The van der Waals surface area contributed by atoms with E-state index < -0.39 is 0 Å². The molecule has 1 N–H and O–H groups in total. The Morgan fingerprint density at radius 1 is 1.33 bits per heavy atom. The van der Waals surface area contributed by atoms with Crippen LogP contribution in [0.2, 0.25) is 0 Å². The van der Waals surface area contributed by atoms with Crippen molar-refractivity contribution in [3.63, 3.8) is 0 Å². The average molecular weight is 250 g/mol. The largest absolute Gasteiger partial charge is 0.314 e. The van der Waals surface area contributed by atoms with E-state index in [9.17, 15) is 0 Å². The first-order chi connectivity index (χ1) is 8.65. The number of hydrogen-bond acceptors (Lipinski definition) is 2. The lowest BCUT2D eigenvalue weighted by atomic mass is 10.1. The van der Waals surface area contributed by atoms with Crippen LogP contribution in [0, 0.1) is 5.92 Å². The number of allylic oxidation sites excluding steroid dienone is 2. The van der Waals surface area contributed by atoms with Crippen LogP contribution in [-0.4, -0.2) is 36.6 Å². The first-order valence-corrected chi connectivity index (χ1v) is 7.76. The maximum Gasteiger partial charge on any atom is 0.00965 e. The van der Waals surface area contributed by atoms with Gasteiger partial charge in [0.25, 0.3) is 0 Å². The molecule has 1 saturated carbocycles. The molecule has 0 radical (unpaired) electrons. The second kappa shape index (κ2) is 6.72. The summed E-state index contributed by atoms with van der Waals surface area (Å²) in [5.74, 6) is 0.900. The number of rotatable bonds is 7. The van der Waals surface area contributed by atoms with Gasteiger partial charge in [0.05, 0.1) is 0 Å². The normalized spacial score (nSPS) is 26.3.